The summed E-state index contributed by atoms with van der Waals surface area (Å²) in [6, 6.07) is 0.431. The van der Waals surface area contributed by atoms with Gasteiger partial charge in [0.05, 0.1) is 0 Å². The van der Waals surface area contributed by atoms with Crippen molar-refractivity contribution in [2.75, 3.05) is 0 Å². The van der Waals surface area contributed by atoms with Crippen LogP contribution in [0.4, 0.5) is 0 Å². The fraction of sp³-hybridized carbons (Fsp3) is 0.941. The monoisotopic (exact) mass is 267 g/mol. The molecule has 1 aliphatic heterocycles. The Morgan fingerprint density at radius 1 is 1.00 bits per heavy atom. The summed E-state index contributed by atoms with van der Waals surface area (Å²) in [5, 5.41) is 3.33. The first-order chi connectivity index (χ1) is 9.27. The van der Waals surface area contributed by atoms with E-state index in [4.69, 9.17) is 0 Å². The highest BCUT2D eigenvalue weighted by Gasteiger charge is 2.19. The van der Waals surface area contributed by atoms with E-state index in [1.165, 1.54) is 64.2 Å². The second-order valence-electron chi connectivity index (χ2n) is 6.15. The van der Waals surface area contributed by atoms with Crippen molar-refractivity contribution >= 4 is 5.91 Å². The lowest BCUT2D eigenvalue weighted by Gasteiger charge is -2.23. The zero-order chi connectivity index (χ0) is 13.9. The third-order valence-electron chi connectivity index (χ3n) is 4.47. The summed E-state index contributed by atoms with van der Waals surface area (Å²) >= 11 is 0. The van der Waals surface area contributed by atoms with Gasteiger partial charge in [0.15, 0.2) is 0 Å². The molecule has 1 fully saturated rings. The summed E-state index contributed by atoms with van der Waals surface area (Å²) in [6.07, 6.45) is 14.8. The van der Waals surface area contributed by atoms with Gasteiger partial charge in [-0.05, 0) is 25.7 Å². The molecule has 0 radical (unpaired) electrons. The number of rotatable bonds is 4. The molecule has 1 heterocycles. The summed E-state index contributed by atoms with van der Waals surface area (Å²) in [5.74, 6) is 0.577. The Balaban J connectivity index is 2.52. The molecule has 0 aromatic carbocycles. The van der Waals surface area contributed by atoms with E-state index in [-0.39, 0.29) is 5.92 Å². The van der Waals surface area contributed by atoms with Crippen LogP contribution in [0.2, 0.25) is 0 Å². The van der Waals surface area contributed by atoms with Crippen LogP contribution in [0.5, 0.6) is 0 Å². The maximum absolute atomic E-state index is 12.3. The molecule has 0 aliphatic carbocycles. The summed E-state index contributed by atoms with van der Waals surface area (Å²) < 4.78 is 0. The smallest absolute Gasteiger partial charge is 0.223 e. The highest BCUT2D eigenvalue weighted by molar-refractivity contribution is 5.78. The van der Waals surface area contributed by atoms with Crippen molar-refractivity contribution in [3.63, 3.8) is 0 Å². The molecule has 0 bridgehead atoms. The minimum Gasteiger partial charge on any atom is -0.353 e. The van der Waals surface area contributed by atoms with E-state index >= 15 is 0 Å². The Morgan fingerprint density at radius 2 is 1.63 bits per heavy atom. The molecule has 2 heteroatoms. The molecule has 2 nitrogen and oxygen atoms in total. The Labute approximate surface area is 119 Å². The van der Waals surface area contributed by atoms with Gasteiger partial charge in [0, 0.05) is 12.0 Å². The molecule has 1 saturated heterocycles. The van der Waals surface area contributed by atoms with Gasteiger partial charge in [-0.3, -0.25) is 4.79 Å². The molecule has 2 unspecified atom stereocenters. The van der Waals surface area contributed by atoms with Crippen molar-refractivity contribution in [2.45, 2.75) is 96.9 Å². The van der Waals surface area contributed by atoms with Crippen LogP contribution in [0.3, 0.4) is 0 Å². The van der Waals surface area contributed by atoms with Crippen molar-refractivity contribution < 1.29 is 4.79 Å². The minimum absolute atomic E-state index is 0.253. The molecule has 1 N–H and O–H groups in total. The van der Waals surface area contributed by atoms with Crippen molar-refractivity contribution in [3.8, 4) is 0 Å². The van der Waals surface area contributed by atoms with Gasteiger partial charge in [0.1, 0.15) is 0 Å². The lowest BCUT2D eigenvalue weighted by atomic mass is 9.94. The minimum atomic E-state index is 0.253. The van der Waals surface area contributed by atoms with Crippen molar-refractivity contribution in [1.82, 2.24) is 5.32 Å². The van der Waals surface area contributed by atoms with Crippen LogP contribution < -0.4 is 5.32 Å². The maximum Gasteiger partial charge on any atom is 0.223 e. The first kappa shape index (κ1) is 16.5. The SMILES string of the molecule is CCCCC1CCCCCCCCC(CC)C(=O)N1. The van der Waals surface area contributed by atoms with E-state index in [2.05, 4.69) is 19.2 Å². The average Bonchev–Trinajstić information content (AvgIpc) is 2.41. The van der Waals surface area contributed by atoms with Gasteiger partial charge in [0.25, 0.3) is 0 Å². The molecule has 0 aromatic heterocycles. The molecule has 0 aromatic rings. The van der Waals surface area contributed by atoms with E-state index in [0.29, 0.717) is 11.9 Å². The zero-order valence-electron chi connectivity index (χ0n) is 13.0. The third kappa shape index (κ3) is 6.98. The highest BCUT2D eigenvalue weighted by atomic mass is 16.1. The zero-order valence-corrected chi connectivity index (χ0v) is 13.0. The number of carbonyl (C=O) groups excluding carboxylic acids is 1. The fourth-order valence-corrected chi connectivity index (χ4v) is 3.07. The van der Waals surface area contributed by atoms with Crippen LogP contribution >= 0.6 is 0 Å². The van der Waals surface area contributed by atoms with E-state index in [1.54, 1.807) is 0 Å². The standard InChI is InChI=1S/C17H33NO/c1-3-5-13-16-14-11-9-7-6-8-10-12-15(4-2)17(19)18-16/h15-16H,3-14H2,1-2H3,(H,18,19). The van der Waals surface area contributed by atoms with Gasteiger partial charge in [-0.25, -0.2) is 0 Å². The first-order valence-electron chi connectivity index (χ1n) is 8.58. The van der Waals surface area contributed by atoms with Gasteiger partial charge in [-0.2, -0.15) is 0 Å². The molecule has 19 heavy (non-hydrogen) atoms. The van der Waals surface area contributed by atoms with Crippen LogP contribution in [-0.4, -0.2) is 11.9 Å². The molecule has 1 aliphatic rings. The van der Waals surface area contributed by atoms with Gasteiger partial charge in [-0.1, -0.05) is 65.2 Å². The molecule has 2 atom stereocenters. The topological polar surface area (TPSA) is 29.1 Å². The fourth-order valence-electron chi connectivity index (χ4n) is 3.07. The van der Waals surface area contributed by atoms with E-state index in [0.717, 1.165) is 12.8 Å². The van der Waals surface area contributed by atoms with Gasteiger partial charge < -0.3 is 5.32 Å². The summed E-state index contributed by atoms with van der Waals surface area (Å²) in [6.45, 7) is 4.38. The largest absolute Gasteiger partial charge is 0.353 e. The van der Waals surface area contributed by atoms with Gasteiger partial charge in [-0.15, -0.1) is 0 Å². The molecule has 1 amide bonds. The maximum atomic E-state index is 12.3. The average molecular weight is 267 g/mol. The second kappa shape index (κ2) is 10.3. The number of hydrogen-bond donors (Lipinski definition) is 1. The van der Waals surface area contributed by atoms with Crippen LogP contribution in [0.15, 0.2) is 0 Å². The molecule has 112 valence electrons. The predicted molar refractivity (Wildman–Crippen MR) is 82.2 cm³/mol. The van der Waals surface area contributed by atoms with Crippen molar-refractivity contribution in [1.29, 1.82) is 0 Å². The molecule has 0 saturated carbocycles. The molecular weight excluding hydrogens is 234 g/mol. The van der Waals surface area contributed by atoms with Crippen LogP contribution in [0.1, 0.15) is 90.9 Å². The van der Waals surface area contributed by atoms with E-state index in [9.17, 15) is 4.79 Å². The number of unbranched alkanes of at least 4 members (excludes halogenated alkanes) is 1. The lowest BCUT2D eigenvalue weighted by Crippen LogP contribution is -2.39. The molecular formula is C17H33NO. The molecule has 0 spiro atoms. The van der Waals surface area contributed by atoms with Gasteiger partial charge >= 0.3 is 0 Å². The highest BCUT2D eigenvalue weighted by Crippen LogP contribution is 2.19. The molecule has 1 rings (SSSR count). The number of carbonyl (C=O) groups is 1. The predicted octanol–water partition coefficient (Wildman–Crippen LogP) is 4.82. The number of amides is 1. The van der Waals surface area contributed by atoms with Crippen LogP contribution in [-0.2, 0) is 4.79 Å². The second-order valence-corrected chi connectivity index (χ2v) is 6.15. The quantitative estimate of drug-likeness (QED) is 0.777. The lowest BCUT2D eigenvalue weighted by molar-refractivity contribution is -0.126. The Morgan fingerprint density at radius 3 is 2.26 bits per heavy atom. The Hall–Kier alpha value is -0.530. The normalized spacial score (nSPS) is 27.2. The Bertz CT molecular complexity index is 239. The number of nitrogens with one attached hydrogen (secondary N) is 1. The van der Waals surface area contributed by atoms with E-state index < -0.39 is 0 Å². The van der Waals surface area contributed by atoms with Crippen molar-refractivity contribution in [2.24, 2.45) is 5.92 Å². The summed E-state index contributed by atoms with van der Waals surface area (Å²) in [4.78, 5) is 12.3. The van der Waals surface area contributed by atoms with Crippen molar-refractivity contribution in [3.05, 3.63) is 0 Å². The van der Waals surface area contributed by atoms with E-state index in [1.807, 2.05) is 0 Å². The van der Waals surface area contributed by atoms with Gasteiger partial charge in [0.2, 0.25) is 5.91 Å². The first-order valence-corrected chi connectivity index (χ1v) is 8.58. The number of hydrogen-bond acceptors (Lipinski definition) is 1. The summed E-state index contributed by atoms with van der Waals surface area (Å²) in [5.41, 5.74) is 0. The Kier molecular flexibility index (Phi) is 8.94. The third-order valence-corrected chi connectivity index (χ3v) is 4.47. The van der Waals surface area contributed by atoms with Crippen LogP contribution in [0.25, 0.3) is 0 Å². The summed E-state index contributed by atoms with van der Waals surface area (Å²) in [7, 11) is 0. The van der Waals surface area contributed by atoms with Crippen LogP contribution in [0, 0.1) is 5.92 Å².